The predicted octanol–water partition coefficient (Wildman–Crippen LogP) is 4.08. The van der Waals surface area contributed by atoms with Gasteiger partial charge in [-0.3, -0.25) is 0 Å². The van der Waals surface area contributed by atoms with Gasteiger partial charge in [-0.25, -0.2) is 13.2 Å². The molecule has 0 aromatic heterocycles. The van der Waals surface area contributed by atoms with Gasteiger partial charge in [-0.1, -0.05) is 38.1 Å². The van der Waals surface area contributed by atoms with Gasteiger partial charge in [-0.05, 0) is 41.7 Å². The average Bonchev–Trinajstić information content (AvgIpc) is 2.55. The minimum Gasteiger partial charge on any atom is -0.418 e. The molecule has 5 heteroatoms. The second-order valence-corrected chi connectivity index (χ2v) is 5.64. The standard InChI is InChI=1S/C17H19F3OSi/c1-3-17(4-2,21-22)13-7-5-11(6-8-13)12-9-14(18)16(20)15(19)10-12/h5-10H,3-4H2,1-2,22H3. The SMILES string of the molecule is CCC(CC)(O[SiH3])c1ccc(-c2cc(F)c(F)c(F)c2)cc1. The first-order valence-corrected chi connectivity index (χ1v) is 8.09. The maximum Gasteiger partial charge on any atom is 0.194 e. The molecule has 0 unspecified atom stereocenters. The Morgan fingerprint density at radius 2 is 1.41 bits per heavy atom. The van der Waals surface area contributed by atoms with E-state index >= 15 is 0 Å². The maximum absolute atomic E-state index is 13.3. The molecule has 2 aromatic carbocycles. The summed E-state index contributed by atoms with van der Waals surface area (Å²) < 4.78 is 45.5. The third kappa shape index (κ3) is 2.96. The lowest BCUT2D eigenvalue weighted by Gasteiger charge is -2.31. The summed E-state index contributed by atoms with van der Waals surface area (Å²) in [5.41, 5.74) is 1.69. The Balaban J connectivity index is 2.41. The topological polar surface area (TPSA) is 9.23 Å². The fourth-order valence-electron chi connectivity index (χ4n) is 2.75. The van der Waals surface area contributed by atoms with Crippen LogP contribution in [0.1, 0.15) is 32.3 Å². The van der Waals surface area contributed by atoms with Gasteiger partial charge in [0.05, 0.1) is 5.60 Å². The lowest BCUT2D eigenvalue weighted by molar-refractivity contribution is 0.0685. The van der Waals surface area contributed by atoms with Gasteiger partial charge in [-0.15, -0.1) is 0 Å². The van der Waals surface area contributed by atoms with E-state index in [0.29, 0.717) is 21.6 Å². The van der Waals surface area contributed by atoms with Gasteiger partial charge < -0.3 is 4.43 Å². The Bertz CT molecular complexity index is 620. The van der Waals surface area contributed by atoms with Crippen molar-refractivity contribution in [2.45, 2.75) is 32.3 Å². The van der Waals surface area contributed by atoms with Crippen molar-refractivity contribution in [3.8, 4) is 11.1 Å². The van der Waals surface area contributed by atoms with Crippen LogP contribution >= 0.6 is 0 Å². The summed E-state index contributed by atoms with van der Waals surface area (Å²) in [6.07, 6.45) is 1.71. The molecule has 0 N–H and O–H groups in total. The number of rotatable bonds is 5. The monoisotopic (exact) mass is 324 g/mol. The molecule has 22 heavy (non-hydrogen) atoms. The van der Waals surface area contributed by atoms with Crippen molar-refractivity contribution in [3.05, 3.63) is 59.4 Å². The van der Waals surface area contributed by atoms with Crippen molar-refractivity contribution in [1.82, 2.24) is 0 Å². The minimum atomic E-state index is -1.44. The molecular weight excluding hydrogens is 305 g/mol. The molecule has 1 nitrogen and oxygen atoms in total. The van der Waals surface area contributed by atoms with Crippen LogP contribution in [0.4, 0.5) is 13.2 Å². The molecule has 118 valence electrons. The number of hydrogen-bond donors (Lipinski definition) is 0. The first kappa shape index (κ1) is 16.8. The van der Waals surface area contributed by atoms with E-state index in [9.17, 15) is 13.2 Å². The Morgan fingerprint density at radius 3 is 1.82 bits per heavy atom. The van der Waals surface area contributed by atoms with Crippen molar-refractivity contribution < 1.29 is 17.6 Å². The van der Waals surface area contributed by atoms with Crippen molar-refractivity contribution in [3.63, 3.8) is 0 Å². The molecule has 0 aliphatic rings. The van der Waals surface area contributed by atoms with E-state index in [1.165, 1.54) is 0 Å². The lowest BCUT2D eigenvalue weighted by Crippen LogP contribution is -2.27. The zero-order valence-corrected chi connectivity index (χ0v) is 14.9. The molecule has 0 amide bonds. The van der Waals surface area contributed by atoms with Crippen LogP contribution in [0.5, 0.6) is 0 Å². The molecule has 0 radical (unpaired) electrons. The van der Waals surface area contributed by atoms with E-state index in [4.69, 9.17) is 4.43 Å². The van der Waals surface area contributed by atoms with E-state index in [2.05, 4.69) is 13.8 Å². The summed E-state index contributed by atoms with van der Waals surface area (Å²) in [5.74, 6) is -3.81. The predicted molar refractivity (Wildman–Crippen MR) is 85.0 cm³/mol. The highest BCUT2D eigenvalue weighted by atomic mass is 28.2. The normalized spacial score (nSPS) is 11.9. The van der Waals surface area contributed by atoms with Crippen LogP contribution in [0.25, 0.3) is 11.1 Å². The Morgan fingerprint density at radius 1 is 0.909 bits per heavy atom. The lowest BCUT2D eigenvalue weighted by atomic mass is 9.87. The quantitative estimate of drug-likeness (QED) is 0.595. The van der Waals surface area contributed by atoms with Crippen LogP contribution in [0, 0.1) is 17.5 Å². The van der Waals surface area contributed by atoms with Crippen LogP contribution in [-0.2, 0) is 10.0 Å². The van der Waals surface area contributed by atoms with E-state index in [0.717, 1.165) is 30.5 Å². The van der Waals surface area contributed by atoms with Gasteiger partial charge in [0.25, 0.3) is 0 Å². The molecular formula is C17H19F3OSi. The Labute approximate surface area is 131 Å². The largest absolute Gasteiger partial charge is 0.418 e. The average molecular weight is 324 g/mol. The summed E-state index contributed by atoms with van der Waals surface area (Å²) in [4.78, 5) is 0. The van der Waals surface area contributed by atoms with Gasteiger partial charge >= 0.3 is 0 Å². The van der Waals surface area contributed by atoms with E-state index in [-0.39, 0.29) is 5.60 Å². The van der Waals surface area contributed by atoms with E-state index in [1.807, 2.05) is 12.1 Å². The van der Waals surface area contributed by atoms with Gasteiger partial charge in [0.1, 0.15) is 10.5 Å². The fourth-order valence-corrected chi connectivity index (χ4v) is 3.57. The summed E-state index contributed by atoms with van der Waals surface area (Å²) in [5, 5.41) is 0. The van der Waals surface area contributed by atoms with E-state index in [1.54, 1.807) is 12.1 Å². The molecule has 2 aromatic rings. The first-order valence-electron chi connectivity index (χ1n) is 7.28. The number of halogens is 3. The Kier molecular flexibility index (Phi) is 5.08. The number of hydrogen-bond acceptors (Lipinski definition) is 1. The molecule has 2 rings (SSSR count). The zero-order valence-electron chi connectivity index (χ0n) is 12.9. The maximum atomic E-state index is 13.3. The second kappa shape index (κ2) is 6.67. The molecule has 0 fully saturated rings. The molecule has 0 spiro atoms. The van der Waals surface area contributed by atoms with Gasteiger partial charge in [0.2, 0.25) is 0 Å². The van der Waals surface area contributed by atoms with Gasteiger partial charge in [0.15, 0.2) is 17.5 Å². The summed E-state index contributed by atoms with van der Waals surface area (Å²) in [7, 11) is 0.630. The third-order valence-electron chi connectivity index (χ3n) is 4.26. The van der Waals surface area contributed by atoms with Crippen LogP contribution in [0.2, 0.25) is 0 Å². The third-order valence-corrected chi connectivity index (χ3v) is 5.04. The molecule has 0 atom stereocenters. The smallest absolute Gasteiger partial charge is 0.194 e. The van der Waals surface area contributed by atoms with Gasteiger partial charge in [-0.2, -0.15) is 0 Å². The molecule has 0 heterocycles. The highest BCUT2D eigenvalue weighted by Gasteiger charge is 2.27. The van der Waals surface area contributed by atoms with Crippen LogP contribution in [0.15, 0.2) is 36.4 Å². The molecule has 0 saturated heterocycles. The van der Waals surface area contributed by atoms with Crippen molar-refractivity contribution in [2.75, 3.05) is 0 Å². The molecule has 0 aliphatic heterocycles. The number of benzene rings is 2. The minimum absolute atomic E-state index is 0.302. The van der Waals surface area contributed by atoms with Crippen molar-refractivity contribution >= 4 is 10.5 Å². The van der Waals surface area contributed by atoms with Crippen LogP contribution in [-0.4, -0.2) is 10.5 Å². The van der Waals surface area contributed by atoms with Crippen molar-refractivity contribution in [2.24, 2.45) is 0 Å². The first-order chi connectivity index (χ1) is 10.5. The van der Waals surface area contributed by atoms with Crippen molar-refractivity contribution in [1.29, 1.82) is 0 Å². The molecule has 0 aliphatic carbocycles. The van der Waals surface area contributed by atoms with Crippen LogP contribution < -0.4 is 0 Å². The van der Waals surface area contributed by atoms with Crippen LogP contribution in [0.3, 0.4) is 0 Å². The molecule has 0 bridgehead atoms. The fraction of sp³-hybridized carbons (Fsp3) is 0.294. The summed E-state index contributed by atoms with van der Waals surface area (Å²) in [6.45, 7) is 4.14. The zero-order chi connectivity index (χ0) is 16.3. The molecule has 0 saturated carbocycles. The summed E-state index contributed by atoms with van der Waals surface area (Å²) in [6, 6.07) is 9.37. The second-order valence-electron chi connectivity index (χ2n) is 5.24. The highest BCUT2D eigenvalue weighted by molar-refractivity contribution is 5.98. The van der Waals surface area contributed by atoms with E-state index < -0.39 is 17.5 Å². The van der Waals surface area contributed by atoms with Gasteiger partial charge in [0, 0.05) is 0 Å². The summed E-state index contributed by atoms with van der Waals surface area (Å²) >= 11 is 0. The Hall–Kier alpha value is -1.59. The highest BCUT2D eigenvalue weighted by Crippen LogP contribution is 2.33.